The van der Waals surface area contributed by atoms with E-state index in [-0.39, 0.29) is 0 Å². The maximum absolute atomic E-state index is 13.3. The lowest BCUT2D eigenvalue weighted by molar-refractivity contribution is 0.367. The molecule has 1 aromatic rings. The summed E-state index contributed by atoms with van der Waals surface area (Å²) < 4.78 is 65.3. The van der Waals surface area contributed by atoms with Crippen molar-refractivity contribution in [3.05, 3.63) is 34.6 Å². The van der Waals surface area contributed by atoms with Gasteiger partial charge in [-0.3, -0.25) is 0 Å². The molecule has 0 heterocycles. The van der Waals surface area contributed by atoms with Crippen molar-refractivity contribution >= 4 is 0 Å². The van der Waals surface area contributed by atoms with Crippen molar-refractivity contribution in [3.63, 3.8) is 0 Å². The molecule has 1 aliphatic rings. The van der Waals surface area contributed by atoms with Crippen LogP contribution in [0.5, 0.6) is 0 Å². The second kappa shape index (κ2) is 6.49. The van der Waals surface area contributed by atoms with E-state index in [2.05, 4.69) is 10.6 Å². The van der Waals surface area contributed by atoms with Crippen LogP contribution in [-0.4, -0.2) is 19.1 Å². The van der Waals surface area contributed by atoms with Crippen molar-refractivity contribution in [2.24, 2.45) is 0 Å². The molecule has 0 spiro atoms. The standard InChI is InChI=1S/C13H15F5N2/c14-9-8(10(15)12(17)13(18)11(9)16)6-19-4-1-5-20-7-2-3-7/h7,19-20H,1-6H2. The Morgan fingerprint density at radius 1 is 0.800 bits per heavy atom. The first-order chi connectivity index (χ1) is 9.52. The Morgan fingerprint density at radius 2 is 1.35 bits per heavy atom. The van der Waals surface area contributed by atoms with Crippen LogP contribution in [0, 0.1) is 29.1 Å². The van der Waals surface area contributed by atoms with Crippen molar-refractivity contribution < 1.29 is 22.0 Å². The summed E-state index contributed by atoms with van der Waals surface area (Å²) >= 11 is 0. The quantitative estimate of drug-likeness (QED) is 0.350. The summed E-state index contributed by atoms with van der Waals surface area (Å²) in [5.74, 6) is -9.49. The summed E-state index contributed by atoms with van der Waals surface area (Å²) in [5.41, 5.74) is -0.823. The maximum atomic E-state index is 13.3. The van der Waals surface area contributed by atoms with Crippen LogP contribution >= 0.6 is 0 Å². The van der Waals surface area contributed by atoms with Crippen LogP contribution in [0.25, 0.3) is 0 Å². The average Bonchev–Trinajstić information content (AvgIpc) is 3.25. The number of hydrogen-bond donors (Lipinski definition) is 2. The molecule has 2 nitrogen and oxygen atoms in total. The highest BCUT2D eigenvalue weighted by molar-refractivity contribution is 5.23. The lowest BCUT2D eigenvalue weighted by atomic mass is 10.1. The molecule has 0 atom stereocenters. The van der Waals surface area contributed by atoms with Crippen molar-refractivity contribution in [2.75, 3.05) is 13.1 Å². The van der Waals surface area contributed by atoms with Crippen molar-refractivity contribution in [3.8, 4) is 0 Å². The van der Waals surface area contributed by atoms with Gasteiger partial charge in [-0.25, -0.2) is 22.0 Å². The van der Waals surface area contributed by atoms with Gasteiger partial charge in [0.1, 0.15) is 0 Å². The van der Waals surface area contributed by atoms with Crippen molar-refractivity contribution in [2.45, 2.75) is 31.8 Å². The second-order valence-corrected chi connectivity index (χ2v) is 4.81. The molecule has 0 amide bonds. The Morgan fingerprint density at radius 3 is 1.90 bits per heavy atom. The summed E-state index contributed by atoms with van der Waals surface area (Å²) in [4.78, 5) is 0. The van der Waals surface area contributed by atoms with Gasteiger partial charge in [0.05, 0.1) is 0 Å². The van der Waals surface area contributed by atoms with E-state index in [0.29, 0.717) is 19.0 Å². The smallest absolute Gasteiger partial charge is 0.200 e. The van der Waals surface area contributed by atoms with Gasteiger partial charge in [0.2, 0.25) is 5.82 Å². The lowest BCUT2D eigenvalue weighted by Gasteiger charge is -2.09. The predicted octanol–water partition coefficient (Wildman–Crippen LogP) is 2.61. The first-order valence-corrected chi connectivity index (χ1v) is 6.46. The third-order valence-electron chi connectivity index (χ3n) is 3.14. The van der Waals surface area contributed by atoms with Crippen LogP contribution in [0.2, 0.25) is 0 Å². The molecule has 1 aromatic carbocycles. The van der Waals surface area contributed by atoms with Gasteiger partial charge >= 0.3 is 0 Å². The van der Waals surface area contributed by atoms with Crippen LogP contribution in [0.3, 0.4) is 0 Å². The van der Waals surface area contributed by atoms with Gasteiger partial charge in [0.15, 0.2) is 23.3 Å². The van der Waals surface area contributed by atoms with Gasteiger partial charge in [-0.1, -0.05) is 0 Å². The number of halogens is 5. The molecule has 2 N–H and O–H groups in total. The molecule has 0 radical (unpaired) electrons. The second-order valence-electron chi connectivity index (χ2n) is 4.81. The molecule has 0 aromatic heterocycles. The molecule has 2 rings (SSSR count). The highest BCUT2D eigenvalue weighted by Crippen LogP contribution is 2.22. The van der Waals surface area contributed by atoms with E-state index < -0.39 is 41.2 Å². The van der Waals surface area contributed by atoms with E-state index in [1.54, 1.807) is 0 Å². The highest BCUT2D eigenvalue weighted by Gasteiger charge is 2.25. The zero-order chi connectivity index (χ0) is 14.7. The maximum Gasteiger partial charge on any atom is 0.200 e. The van der Waals surface area contributed by atoms with Crippen molar-refractivity contribution in [1.82, 2.24) is 10.6 Å². The van der Waals surface area contributed by atoms with Gasteiger partial charge in [0.25, 0.3) is 0 Å². The minimum atomic E-state index is -2.13. The van der Waals surface area contributed by atoms with Gasteiger partial charge in [-0.2, -0.15) is 0 Å². The molecule has 1 aliphatic carbocycles. The average molecular weight is 294 g/mol. The Balaban J connectivity index is 1.85. The van der Waals surface area contributed by atoms with Crippen LogP contribution < -0.4 is 10.6 Å². The van der Waals surface area contributed by atoms with Crippen molar-refractivity contribution in [1.29, 1.82) is 0 Å². The fourth-order valence-corrected chi connectivity index (χ4v) is 1.83. The zero-order valence-corrected chi connectivity index (χ0v) is 10.7. The Labute approximate surface area is 113 Å². The Hall–Kier alpha value is -1.21. The normalized spacial score (nSPS) is 14.8. The van der Waals surface area contributed by atoms with Gasteiger partial charge in [-0.05, 0) is 32.4 Å². The molecule has 7 heteroatoms. The van der Waals surface area contributed by atoms with E-state index in [9.17, 15) is 22.0 Å². The molecular formula is C13H15F5N2. The number of benzene rings is 1. The largest absolute Gasteiger partial charge is 0.314 e. The SMILES string of the molecule is Fc1c(F)c(F)c(CNCCCNC2CC2)c(F)c1F. The topological polar surface area (TPSA) is 24.1 Å². The van der Waals surface area contributed by atoms with E-state index in [1.165, 1.54) is 0 Å². The first kappa shape index (κ1) is 15.2. The summed E-state index contributed by atoms with van der Waals surface area (Å²) in [6.07, 6.45) is 3.04. The van der Waals surface area contributed by atoms with E-state index in [1.807, 2.05) is 0 Å². The third-order valence-corrected chi connectivity index (χ3v) is 3.14. The highest BCUT2D eigenvalue weighted by atomic mass is 19.2. The van der Waals surface area contributed by atoms with Gasteiger partial charge in [-0.15, -0.1) is 0 Å². The van der Waals surface area contributed by atoms with Gasteiger partial charge < -0.3 is 10.6 Å². The van der Waals surface area contributed by atoms with Crippen LogP contribution in [0.1, 0.15) is 24.8 Å². The van der Waals surface area contributed by atoms with Crippen LogP contribution in [0.4, 0.5) is 22.0 Å². The molecule has 0 saturated heterocycles. The summed E-state index contributed by atoms with van der Waals surface area (Å²) in [5, 5.41) is 5.92. The molecule has 0 bridgehead atoms. The summed E-state index contributed by atoms with van der Waals surface area (Å²) in [7, 11) is 0. The molecule has 1 fully saturated rings. The fourth-order valence-electron chi connectivity index (χ4n) is 1.83. The number of rotatable bonds is 7. The predicted molar refractivity (Wildman–Crippen MR) is 63.6 cm³/mol. The molecule has 0 aliphatic heterocycles. The van der Waals surface area contributed by atoms with E-state index >= 15 is 0 Å². The number of nitrogens with one attached hydrogen (secondary N) is 2. The molecular weight excluding hydrogens is 279 g/mol. The Kier molecular flexibility index (Phi) is 4.93. The van der Waals surface area contributed by atoms with E-state index in [4.69, 9.17) is 0 Å². The summed E-state index contributed by atoms with van der Waals surface area (Å²) in [6, 6.07) is 0.574. The molecule has 112 valence electrons. The molecule has 1 saturated carbocycles. The van der Waals surface area contributed by atoms with Crippen LogP contribution in [0.15, 0.2) is 0 Å². The minimum Gasteiger partial charge on any atom is -0.314 e. The third kappa shape index (κ3) is 3.46. The lowest BCUT2D eigenvalue weighted by Crippen LogP contribution is -2.24. The van der Waals surface area contributed by atoms with Crippen LogP contribution in [-0.2, 0) is 6.54 Å². The van der Waals surface area contributed by atoms with Gasteiger partial charge in [0, 0.05) is 18.2 Å². The monoisotopic (exact) mass is 294 g/mol. The first-order valence-electron chi connectivity index (χ1n) is 6.46. The Bertz CT molecular complexity index is 459. The zero-order valence-electron chi connectivity index (χ0n) is 10.7. The molecule has 20 heavy (non-hydrogen) atoms. The number of hydrogen-bond acceptors (Lipinski definition) is 2. The molecule has 0 unspecified atom stereocenters. The summed E-state index contributed by atoms with van der Waals surface area (Å²) in [6.45, 7) is 0.795. The fraction of sp³-hybridized carbons (Fsp3) is 0.538. The minimum absolute atomic E-state index is 0.394. The van der Waals surface area contributed by atoms with E-state index in [0.717, 1.165) is 19.4 Å².